The third kappa shape index (κ3) is 1.21. The van der Waals surface area contributed by atoms with E-state index in [2.05, 4.69) is 37.4 Å². The van der Waals surface area contributed by atoms with Gasteiger partial charge in [-0.1, -0.05) is 12.1 Å². The molecule has 2 aliphatic heterocycles. The van der Waals surface area contributed by atoms with Gasteiger partial charge in [-0.3, -0.25) is 4.49 Å². The molecule has 4 rings (SSSR count). The summed E-state index contributed by atoms with van der Waals surface area (Å²) in [5.41, 5.74) is 3.38. The molecular formula is C15H15BNO2+. The number of fused-ring (bicyclic) bond motifs is 4. The molecule has 2 aromatic rings. The van der Waals surface area contributed by atoms with Crippen molar-refractivity contribution in [3.05, 3.63) is 47.9 Å². The molecule has 0 amide bonds. The molecule has 0 saturated heterocycles. The molecule has 0 atom stereocenters. The Bertz CT molecular complexity index is 714. The van der Waals surface area contributed by atoms with Gasteiger partial charge < -0.3 is 9.07 Å². The van der Waals surface area contributed by atoms with Crippen molar-refractivity contribution in [1.82, 2.24) is 0 Å². The highest BCUT2D eigenvalue weighted by Gasteiger charge is 2.59. The van der Waals surface area contributed by atoms with Gasteiger partial charge in [0.05, 0.1) is 11.8 Å². The predicted molar refractivity (Wildman–Crippen MR) is 74.2 cm³/mol. The molecule has 0 saturated carbocycles. The topological polar surface area (TPSA) is 25.4 Å². The van der Waals surface area contributed by atoms with Gasteiger partial charge in [-0.2, -0.15) is 0 Å². The lowest BCUT2D eigenvalue weighted by atomic mass is 9.69. The number of furan rings is 1. The van der Waals surface area contributed by atoms with Crippen molar-refractivity contribution < 1.29 is 13.6 Å². The lowest BCUT2D eigenvalue weighted by Gasteiger charge is -2.32. The van der Waals surface area contributed by atoms with Crippen LogP contribution in [0.15, 0.2) is 41.0 Å². The van der Waals surface area contributed by atoms with E-state index in [0.29, 0.717) is 0 Å². The molecule has 3 heterocycles. The van der Waals surface area contributed by atoms with E-state index < -0.39 is 0 Å². The molecule has 0 radical (unpaired) electrons. The Morgan fingerprint density at radius 2 is 1.95 bits per heavy atom. The van der Waals surface area contributed by atoms with Gasteiger partial charge in [-0.15, -0.1) is 0 Å². The maximum atomic E-state index is 6.19. The molecule has 1 aromatic heterocycles. The molecule has 0 aliphatic carbocycles. The molecule has 0 spiro atoms. The molecule has 4 heteroatoms. The second kappa shape index (κ2) is 3.32. The number of benzene rings is 1. The third-order valence-electron chi connectivity index (χ3n) is 4.27. The molecule has 0 fully saturated rings. The molecule has 19 heavy (non-hydrogen) atoms. The van der Waals surface area contributed by atoms with E-state index in [1.807, 2.05) is 18.2 Å². The molecule has 94 valence electrons. The van der Waals surface area contributed by atoms with Gasteiger partial charge in [0.1, 0.15) is 11.2 Å². The highest BCUT2D eigenvalue weighted by atomic mass is 16.5. The molecular weight excluding hydrogens is 237 g/mol. The monoisotopic (exact) mass is 252 g/mol. The van der Waals surface area contributed by atoms with Crippen LogP contribution in [0.5, 0.6) is 5.75 Å². The lowest BCUT2D eigenvalue weighted by molar-refractivity contribution is -0.501. The minimum Gasteiger partial charge on any atom is -0.496 e. The number of para-hydroxylation sites is 1. The van der Waals surface area contributed by atoms with Crippen molar-refractivity contribution in [2.45, 2.75) is 26.3 Å². The Morgan fingerprint density at radius 1 is 1.16 bits per heavy atom. The summed E-state index contributed by atoms with van der Waals surface area (Å²) in [6.07, 6.45) is 1.74. The summed E-state index contributed by atoms with van der Waals surface area (Å²) in [6.45, 7) is 6.56. The predicted octanol–water partition coefficient (Wildman–Crippen LogP) is 2.14. The average molecular weight is 252 g/mol. The fraction of sp³-hybridized carbons (Fsp3) is 0.267. The SMILES string of the molecule is CC1=[N+]2B(Oc3ccccc3C2(C)C)c2ccoc21. The minimum atomic E-state index is -0.106. The van der Waals surface area contributed by atoms with Crippen molar-refractivity contribution >= 4 is 18.2 Å². The second-order valence-electron chi connectivity index (χ2n) is 5.69. The van der Waals surface area contributed by atoms with Gasteiger partial charge in [0.2, 0.25) is 0 Å². The maximum absolute atomic E-state index is 6.19. The van der Waals surface area contributed by atoms with Gasteiger partial charge >= 0.3 is 7.05 Å². The summed E-state index contributed by atoms with van der Waals surface area (Å²) in [5, 5.41) is 0. The highest BCUT2D eigenvalue weighted by molar-refractivity contribution is 6.65. The first kappa shape index (κ1) is 10.9. The average Bonchev–Trinajstić information content (AvgIpc) is 2.94. The summed E-state index contributed by atoms with van der Waals surface area (Å²) in [7, 11) is -0.0707. The van der Waals surface area contributed by atoms with Crippen LogP contribution in [0.25, 0.3) is 0 Å². The van der Waals surface area contributed by atoms with E-state index in [9.17, 15) is 0 Å². The van der Waals surface area contributed by atoms with Crippen LogP contribution in [0.1, 0.15) is 32.1 Å². The van der Waals surface area contributed by atoms with Crippen LogP contribution in [0.3, 0.4) is 0 Å². The van der Waals surface area contributed by atoms with Crippen LogP contribution in [-0.2, 0) is 5.54 Å². The smallest absolute Gasteiger partial charge is 0.496 e. The Kier molecular flexibility index (Phi) is 1.91. The molecule has 0 unspecified atom stereocenters. The zero-order chi connectivity index (χ0) is 13.2. The quantitative estimate of drug-likeness (QED) is 0.671. The van der Waals surface area contributed by atoms with Crippen LogP contribution in [-0.4, -0.2) is 17.2 Å². The first-order valence-corrected chi connectivity index (χ1v) is 6.57. The van der Waals surface area contributed by atoms with Crippen molar-refractivity contribution in [3.8, 4) is 5.75 Å². The summed E-state index contributed by atoms with van der Waals surface area (Å²) < 4.78 is 14.1. The molecule has 2 aliphatic rings. The van der Waals surface area contributed by atoms with E-state index in [1.54, 1.807) is 6.26 Å². The molecule has 0 bridgehead atoms. The van der Waals surface area contributed by atoms with Crippen LogP contribution >= 0.6 is 0 Å². The van der Waals surface area contributed by atoms with E-state index >= 15 is 0 Å². The normalized spacial score (nSPS) is 18.8. The van der Waals surface area contributed by atoms with Crippen LogP contribution in [0, 0.1) is 0 Å². The fourth-order valence-corrected chi connectivity index (χ4v) is 3.39. The maximum Gasteiger partial charge on any atom is 0.764 e. The number of hydrogen-bond acceptors (Lipinski definition) is 2. The summed E-state index contributed by atoms with van der Waals surface area (Å²) in [6, 6.07) is 10.3. The summed E-state index contributed by atoms with van der Waals surface area (Å²) in [4.78, 5) is 0. The third-order valence-corrected chi connectivity index (χ3v) is 4.27. The van der Waals surface area contributed by atoms with Crippen molar-refractivity contribution in [2.24, 2.45) is 0 Å². The Balaban J connectivity index is 2.02. The van der Waals surface area contributed by atoms with Gasteiger partial charge in [-0.05, 0) is 18.2 Å². The lowest BCUT2D eigenvalue weighted by Crippen LogP contribution is -2.55. The number of nitrogens with zero attached hydrogens (tertiary/aromatic N) is 1. The zero-order valence-corrected chi connectivity index (χ0v) is 11.3. The first-order chi connectivity index (χ1) is 9.10. The van der Waals surface area contributed by atoms with Crippen molar-refractivity contribution in [2.75, 3.05) is 0 Å². The van der Waals surface area contributed by atoms with E-state index in [0.717, 1.165) is 22.7 Å². The fourth-order valence-electron chi connectivity index (χ4n) is 3.39. The van der Waals surface area contributed by atoms with E-state index in [-0.39, 0.29) is 12.6 Å². The Morgan fingerprint density at radius 3 is 2.79 bits per heavy atom. The standard InChI is InChI=1S/C15H15BNO2/c1-10-14-12(8-9-18-14)16-17(10)15(2,3)11-6-4-5-7-13(11)19-16/h4-9H,1-3H3/q+1. The summed E-state index contributed by atoms with van der Waals surface area (Å²) >= 11 is 0. The van der Waals surface area contributed by atoms with Gasteiger partial charge in [0.15, 0.2) is 17.0 Å². The summed E-state index contributed by atoms with van der Waals surface area (Å²) in [5.74, 6) is 1.92. The van der Waals surface area contributed by atoms with Crippen LogP contribution in [0.2, 0.25) is 0 Å². The number of hydrogen-bond donors (Lipinski definition) is 0. The highest BCUT2D eigenvalue weighted by Crippen LogP contribution is 2.39. The largest absolute Gasteiger partial charge is 0.764 e. The van der Waals surface area contributed by atoms with E-state index in [4.69, 9.17) is 9.07 Å². The molecule has 1 aromatic carbocycles. The van der Waals surface area contributed by atoms with E-state index in [1.165, 1.54) is 5.56 Å². The minimum absolute atomic E-state index is 0.0707. The Labute approximate surface area is 112 Å². The van der Waals surface area contributed by atoms with Gasteiger partial charge in [0, 0.05) is 20.8 Å². The molecule has 3 nitrogen and oxygen atoms in total. The first-order valence-electron chi connectivity index (χ1n) is 6.57. The van der Waals surface area contributed by atoms with Gasteiger partial charge in [-0.25, -0.2) is 0 Å². The van der Waals surface area contributed by atoms with Crippen molar-refractivity contribution in [1.29, 1.82) is 0 Å². The van der Waals surface area contributed by atoms with Crippen LogP contribution in [0.4, 0.5) is 0 Å². The zero-order valence-electron chi connectivity index (χ0n) is 11.3. The number of rotatable bonds is 0. The van der Waals surface area contributed by atoms with Crippen molar-refractivity contribution in [3.63, 3.8) is 0 Å². The van der Waals surface area contributed by atoms with Crippen LogP contribution < -0.4 is 10.1 Å². The van der Waals surface area contributed by atoms with Gasteiger partial charge in [0.25, 0.3) is 0 Å². The Hall–Kier alpha value is -1.97. The molecule has 0 N–H and O–H groups in total. The second-order valence-corrected chi connectivity index (χ2v) is 5.69.